The monoisotopic (exact) mass is 393 g/mol. The van der Waals surface area contributed by atoms with Crippen molar-refractivity contribution in [2.24, 2.45) is 0 Å². The van der Waals surface area contributed by atoms with Gasteiger partial charge in [-0.1, -0.05) is 82.8 Å². The zero-order valence-corrected chi connectivity index (χ0v) is 17.9. The molecule has 0 saturated carbocycles. The number of unbranched alkanes of at least 4 members (excludes halogenated alkanes) is 7. The van der Waals surface area contributed by atoms with Gasteiger partial charge in [-0.3, -0.25) is 0 Å². The number of hydrogen-bond acceptors (Lipinski definition) is 4. The lowest BCUT2D eigenvalue weighted by Gasteiger charge is -2.30. The van der Waals surface area contributed by atoms with Crippen LogP contribution in [0.3, 0.4) is 0 Å². The second-order valence-corrected chi connectivity index (χ2v) is 10.8. The molecule has 1 rings (SSSR count). The van der Waals surface area contributed by atoms with Gasteiger partial charge < -0.3 is 4.90 Å². The Bertz CT molecular complexity index is 451. The van der Waals surface area contributed by atoms with E-state index >= 15 is 0 Å². The number of hydrogen-bond donors (Lipinski definition) is 0. The molecule has 0 radical (unpaired) electrons. The summed E-state index contributed by atoms with van der Waals surface area (Å²) in [7, 11) is -2.85. The summed E-state index contributed by atoms with van der Waals surface area (Å²) in [6.07, 6.45) is 12.1. The van der Waals surface area contributed by atoms with Crippen LogP contribution in [0, 0.1) is 0 Å². The number of thiocarbonyl (C=S) groups is 1. The highest BCUT2D eigenvalue weighted by molar-refractivity contribution is 8.22. The molecular formula is C18H35NO2S3. The highest BCUT2D eigenvalue weighted by Gasteiger charge is 2.33. The van der Waals surface area contributed by atoms with E-state index < -0.39 is 9.84 Å². The zero-order chi connectivity index (χ0) is 17.8. The maximum atomic E-state index is 11.8. The molecule has 0 aromatic heterocycles. The van der Waals surface area contributed by atoms with Crippen molar-refractivity contribution in [3.8, 4) is 0 Å². The molecule has 1 unspecified atom stereocenters. The van der Waals surface area contributed by atoms with E-state index in [2.05, 4.69) is 18.7 Å². The topological polar surface area (TPSA) is 37.4 Å². The van der Waals surface area contributed by atoms with E-state index in [0.29, 0.717) is 5.75 Å². The molecule has 24 heavy (non-hydrogen) atoms. The highest BCUT2D eigenvalue weighted by Crippen LogP contribution is 2.23. The molecule has 0 bridgehead atoms. The fourth-order valence-electron chi connectivity index (χ4n) is 3.07. The Hall–Kier alpha value is 0.190. The standard InChI is InChI=1S/C18H35NO2S3/c1-3-5-7-8-9-10-11-14-23-18(22)19(13-6-4-2)17-12-15-24(20,21)16-17/h17H,3-16H2,1-2H3. The maximum absolute atomic E-state index is 11.8. The Morgan fingerprint density at radius 3 is 2.25 bits per heavy atom. The van der Waals surface area contributed by atoms with E-state index in [4.69, 9.17) is 12.2 Å². The van der Waals surface area contributed by atoms with Gasteiger partial charge in [-0.05, 0) is 19.3 Å². The molecule has 1 heterocycles. The molecule has 142 valence electrons. The summed E-state index contributed by atoms with van der Waals surface area (Å²) in [5, 5.41) is 0. The lowest BCUT2D eigenvalue weighted by Crippen LogP contribution is -2.39. The molecule has 6 heteroatoms. The average Bonchev–Trinajstić information content (AvgIpc) is 2.90. The van der Waals surface area contributed by atoms with Gasteiger partial charge in [0.1, 0.15) is 4.32 Å². The summed E-state index contributed by atoms with van der Waals surface area (Å²) in [6, 6.07) is 0.107. The minimum atomic E-state index is -2.85. The van der Waals surface area contributed by atoms with Crippen LogP contribution < -0.4 is 0 Å². The van der Waals surface area contributed by atoms with E-state index in [9.17, 15) is 8.42 Å². The Morgan fingerprint density at radius 2 is 1.67 bits per heavy atom. The predicted octanol–water partition coefficient (Wildman–Crippen LogP) is 5.04. The van der Waals surface area contributed by atoms with Crippen molar-refractivity contribution in [3.05, 3.63) is 0 Å². The Kier molecular flexibility index (Phi) is 11.6. The Labute approximate surface area is 159 Å². The molecule has 0 aromatic rings. The van der Waals surface area contributed by atoms with Crippen LogP contribution in [0.5, 0.6) is 0 Å². The van der Waals surface area contributed by atoms with E-state index in [1.54, 1.807) is 11.8 Å². The molecule has 0 amide bonds. The van der Waals surface area contributed by atoms with Gasteiger partial charge >= 0.3 is 0 Å². The molecule has 0 aliphatic carbocycles. The summed E-state index contributed by atoms with van der Waals surface area (Å²) >= 11 is 7.38. The SMILES string of the molecule is CCCCCCCCCSC(=S)N(CCCC)C1CCS(=O)(=O)C1. The first-order chi connectivity index (χ1) is 11.5. The van der Waals surface area contributed by atoms with Gasteiger partial charge in [0.05, 0.1) is 11.5 Å². The molecule has 3 nitrogen and oxygen atoms in total. The highest BCUT2D eigenvalue weighted by atomic mass is 32.2. The molecule has 1 aliphatic rings. The smallest absolute Gasteiger partial charge is 0.152 e. The van der Waals surface area contributed by atoms with Gasteiger partial charge in [-0.15, -0.1) is 0 Å². The van der Waals surface area contributed by atoms with Crippen molar-refractivity contribution >= 4 is 38.1 Å². The number of thioether (sulfide) groups is 1. The van der Waals surface area contributed by atoms with Crippen LogP contribution in [0.25, 0.3) is 0 Å². The molecular weight excluding hydrogens is 358 g/mol. The molecule has 1 atom stereocenters. The van der Waals surface area contributed by atoms with Gasteiger partial charge in [-0.25, -0.2) is 8.42 Å². The molecule has 0 spiro atoms. The molecule has 0 N–H and O–H groups in total. The minimum absolute atomic E-state index is 0.107. The maximum Gasteiger partial charge on any atom is 0.152 e. The van der Waals surface area contributed by atoms with E-state index in [-0.39, 0.29) is 11.8 Å². The number of nitrogens with zero attached hydrogens (tertiary/aromatic N) is 1. The van der Waals surface area contributed by atoms with Crippen LogP contribution in [0.2, 0.25) is 0 Å². The molecule has 1 saturated heterocycles. The van der Waals surface area contributed by atoms with Gasteiger partial charge in [0.15, 0.2) is 9.84 Å². The van der Waals surface area contributed by atoms with Crippen LogP contribution in [0.15, 0.2) is 0 Å². The largest absolute Gasteiger partial charge is 0.353 e. The van der Waals surface area contributed by atoms with Crippen molar-refractivity contribution in [2.75, 3.05) is 23.8 Å². The van der Waals surface area contributed by atoms with Crippen LogP contribution in [-0.4, -0.2) is 47.5 Å². The van der Waals surface area contributed by atoms with Crippen molar-refractivity contribution < 1.29 is 8.42 Å². The van der Waals surface area contributed by atoms with Crippen LogP contribution >= 0.6 is 24.0 Å². The second kappa shape index (κ2) is 12.5. The van der Waals surface area contributed by atoms with Gasteiger partial charge in [0, 0.05) is 18.3 Å². The third-order valence-electron chi connectivity index (χ3n) is 4.61. The zero-order valence-electron chi connectivity index (χ0n) is 15.5. The van der Waals surface area contributed by atoms with Crippen molar-refractivity contribution in [1.82, 2.24) is 4.90 Å². The van der Waals surface area contributed by atoms with Crippen molar-refractivity contribution in [1.29, 1.82) is 0 Å². The molecule has 1 fully saturated rings. The third kappa shape index (κ3) is 9.04. The average molecular weight is 394 g/mol. The normalized spacial score (nSPS) is 19.5. The lowest BCUT2D eigenvalue weighted by atomic mass is 10.1. The summed E-state index contributed by atoms with van der Waals surface area (Å²) in [5.74, 6) is 1.68. The Balaban J connectivity index is 2.29. The summed E-state index contributed by atoms with van der Waals surface area (Å²) in [5.41, 5.74) is 0. The van der Waals surface area contributed by atoms with Gasteiger partial charge in [-0.2, -0.15) is 0 Å². The fourth-order valence-corrected chi connectivity index (χ4v) is 6.22. The van der Waals surface area contributed by atoms with Crippen LogP contribution in [0.4, 0.5) is 0 Å². The molecule has 0 aromatic carbocycles. The predicted molar refractivity (Wildman–Crippen MR) is 112 cm³/mol. The van der Waals surface area contributed by atoms with Crippen molar-refractivity contribution in [2.45, 2.75) is 84.1 Å². The summed E-state index contributed by atoms with van der Waals surface area (Å²) < 4.78 is 24.5. The van der Waals surface area contributed by atoms with Gasteiger partial charge in [0.2, 0.25) is 0 Å². The third-order valence-corrected chi connectivity index (χ3v) is 7.92. The van der Waals surface area contributed by atoms with E-state index in [0.717, 1.165) is 35.9 Å². The number of sulfone groups is 1. The fraction of sp³-hybridized carbons (Fsp3) is 0.944. The second-order valence-electron chi connectivity index (χ2n) is 6.84. The van der Waals surface area contributed by atoms with E-state index in [1.807, 2.05) is 0 Å². The number of rotatable bonds is 12. The summed E-state index contributed by atoms with van der Waals surface area (Å²) in [6.45, 7) is 5.31. The first kappa shape index (κ1) is 22.2. The Morgan fingerprint density at radius 1 is 1.04 bits per heavy atom. The minimum Gasteiger partial charge on any atom is -0.353 e. The first-order valence-electron chi connectivity index (χ1n) is 9.64. The van der Waals surface area contributed by atoms with Crippen LogP contribution in [-0.2, 0) is 9.84 Å². The van der Waals surface area contributed by atoms with E-state index in [1.165, 1.54) is 44.9 Å². The first-order valence-corrected chi connectivity index (χ1v) is 12.9. The lowest BCUT2D eigenvalue weighted by molar-refractivity contribution is 0.339. The van der Waals surface area contributed by atoms with Crippen LogP contribution in [0.1, 0.15) is 78.1 Å². The van der Waals surface area contributed by atoms with Crippen molar-refractivity contribution in [3.63, 3.8) is 0 Å². The van der Waals surface area contributed by atoms with Gasteiger partial charge in [0.25, 0.3) is 0 Å². The summed E-state index contributed by atoms with van der Waals surface area (Å²) in [4.78, 5) is 2.20. The molecule has 1 aliphatic heterocycles. The quantitative estimate of drug-likeness (QED) is 0.343.